The molecule has 26 heavy (non-hydrogen) atoms. The highest BCUT2D eigenvalue weighted by Gasteiger charge is 2.20. The Hall–Kier alpha value is -2.68. The van der Waals surface area contributed by atoms with Gasteiger partial charge in [0.15, 0.2) is 8.80 Å². The van der Waals surface area contributed by atoms with Crippen molar-refractivity contribution in [1.82, 2.24) is 0 Å². The zero-order valence-electron chi connectivity index (χ0n) is 14.2. The molecule has 0 saturated heterocycles. The summed E-state index contributed by atoms with van der Waals surface area (Å²) in [6.45, 7) is 0. The average Bonchev–Trinajstić information content (AvgIpc) is 3.08. The van der Waals surface area contributed by atoms with Gasteiger partial charge in [-0.15, -0.1) is 11.3 Å². The van der Waals surface area contributed by atoms with E-state index in [1.54, 1.807) is 0 Å². The smallest absolute Gasteiger partial charge is 0.135 e. The first kappa shape index (κ1) is 15.6. The monoisotopic (exact) mass is 365 g/mol. The molecule has 0 aliphatic heterocycles. The van der Waals surface area contributed by atoms with Crippen molar-refractivity contribution in [3.05, 3.63) is 103 Å². The van der Waals surface area contributed by atoms with E-state index in [1.807, 2.05) is 11.3 Å². The zero-order chi connectivity index (χ0) is 17.3. The minimum Gasteiger partial charge on any atom is -0.135 e. The molecule has 123 valence electrons. The van der Waals surface area contributed by atoms with Crippen molar-refractivity contribution in [2.75, 3.05) is 0 Å². The second-order valence-electron chi connectivity index (χ2n) is 6.42. The largest absolute Gasteiger partial charge is 0.154 e. The first-order valence-electron chi connectivity index (χ1n) is 8.79. The van der Waals surface area contributed by atoms with Crippen LogP contribution in [-0.4, -0.2) is 8.80 Å². The number of thiophene rings is 1. The van der Waals surface area contributed by atoms with E-state index in [9.17, 15) is 0 Å². The molecule has 1 radical (unpaired) electrons. The first-order chi connectivity index (χ1) is 12.9. The molecule has 0 N–H and O–H groups in total. The van der Waals surface area contributed by atoms with Crippen LogP contribution in [0, 0.1) is 0 Å². The molecule has 0 bridgehead atoms. The van der Waals surface area contributed by atoms with E-state index in [-0.39, 0.29) is 0 Å². The lowest BCUT2D eigenvalue weighted by atomic mass is 10.1. The maximum atomic E-state index is 2.43. The second-order valence-corrected chi connectivity index (χ2v) is 9.98. The molecule has 0 fully saturated rings. The van der Waals surface area contributed by atoms with Crippen LogP contribution in [0.4, 0.5) is 0 Å². The van der Waals surface area contributed by atoms with Crippen LogP contribution in [0.5, 0.6) is 0 Å². The number of fused-ring (bicyclic) bond motifs is 3. The van der Waals surface area contributed by atoms with Crippen LogP contribution < -0.4 is 15.6 Å². The summed E-state index contributed by atoms with van der Waals surface area (Å²) in [6, 6.07) is 37.7. The third-order valence-corrected chi connectivity index (χ3v) is 8.65. The molecular weight excluding hydrogens is 348 g/mol. The van der Waals surface area contributed by atoms with Crippen LogP contribution >= 0.6 is 11.3 Å². The Balaban J connectivity index is 1.75. The van der Waals surface area contributed by atoms with E-state index in [0.717, 1.165) is 0 Å². The summed E-state index contributed by atoms with van der Waals surface area (Å²) < 4.78 is 2.74. The molecule has 4 aromatic carbocycles. The minimum absolute atomic E-state index is 1.01. The van der Waals surface area contributed by atoms with E-state index in [0.29, 0.717) is 0 Å². The molecule has 5 rings (SSSR count). The first-order valence-corrected chi connectivity index (χ1v) is 11.1. The lowest BCUT2D eigenvalue weighted by Crippen LogP contribution is -2.51. The summed E-state index contributed by atoms with van der Waals surface area (Å²) in [4.78, 5) is 0. The van der Waals surface area contributed by atoms with Crippen molar-refractivity contribution >= 4 is 55.9 Å². The molecule has 0 unspecified atom stereocenters. The molecular formula is C24H17SSi. The molecule has 0 aliphatic carbocycles. The van der Waals surface area contributed by atoms with E-state index in [4.69, 9.17) is 0 Å². The second kappa shape index (κ2) is 6.56. The quantitative estimate of drug-likeness (QED) is 0.324. The van der Waals surface area contributed by atoms with E-state index in [1.165, 1.54) is 35.7 Å². The Labute approximate surface area is 159 Å². The van der Waals surface area contributed by atoms with Crippen LogP contribution in [0.1, 0.15) is 0 Å². The summed E-state index contributed by atoms with van der Waals surface area (Å²) in [5.41, 5.74) is 0. The van der Waals surface area contributed by atoms with Gasteiger partial charge in [0.2, 0.25) is 0 Å². The normalized spacial score (nSPS) is 11.4. The highest BCUT2D eigenvalue weighted by molar-refractivity contribution is 7.25. The van der Waals surface area contributed by atoms with Gasteiger partial charge in [0, 0.05) is 20.2 Å². The van der Waals surface area contributed by atoms with Crippen molar-refractivity contribution in [2.24, 2.45) is 0 Å². The van der Waals surface area contributed by atoms with Gasteiger partial charge in [0.25, 0.3) is 0 Å². The SMILES string of the molecule is c1ccc([Si](c2ccccc2)c2ccc3sc4ccccc4c3c2)cc1. The van der Waals surface area contributed by atoms with Gasteiger partial charge >= 0.3 is 0 Å². The lowest BCUT2D eigenvalue weighted by molar-refractivity contribution is 1.73. The van der Waals surface area contributed by atoms with Crippen molar-refractivity contribution in [3.8, 4) is 0 Å². The molecule has 2 heteroatoms. The molecule has 0 saturated carbocycles. The van der Waals surface area contributed by atoms with Gasteiger partial charge in [-0.05, 0) is 17.3 Å². The molecule has 0 spiro atoms. The number of rotatable bonds is 3. The van der Waals surface area contributed by atoms with Gasteiger partial charge in [-0.25, -0.2) is 0 Å². The molecule has 0 aliphatic rings. The molecule has 0 amide bonds. The van der Waals surface area contributed by atoms with E-state index < -0.39 is 8.80 Å². The number of benzene rings is 4. The Kier molecular flexibility index (Phi) is 3.93. The van der Waals surface area contributed by atoms with Gasteiger partial charge in [-0.2, -0.15) is 0 Å². The van der Waals surface area contributed by atoms with Gasteiger partial charge < -0.3 is 0 Å². The zero-order valence-corrected chi connectivity index (χ0v) is 16.0. The average molecular weight is 366 g/mol. The Morgan fingerprint density at radius 3 is 1.73 bits per heavy atom. The van der Waals surface area contributed by atoms with Crippen molar-refractivity contribution in [3.63, 3.8) is 0 Å². The van der Waals surface area contributed by atoms with E-state index >= 15 is 0 Å². The fourth-order valence-electron chi connectivity index (χ4n) is 3.59. The summed E-state index contributed by atoms with van der Waals surface area (Å²) in [7, 11) is -1.01. The fourth-order valence-corrected chi connectivity index (χ4v) is 7.27. The maximum Gasteiger partial charge on any atom is 0.154 e. The third kappa shape index (κ3) is 2.68. The van der Waals surface area contributed by atoms with Crippen LogP contribution in [0.25, 0.3) is 20.2 Å². The lowest BCUT2D eigenvalue weighted by Gasteiger charge is -2.17. The summed E-state index contributed by atoms with van der Waals surface area (Å²) in [6.07, 6.45) is 0. The summed E-state index contributed by atoms with van der Waals surface area (Å²) >= 11 is 1.89. The highest BCUT2D eigenvalue weighted by atomic mass is 32.1. The minimum atomic E-state index is -1.01. The van der Waals surface area contributed by atoms with Crippen LogP contribution in [0.15, 0.2) is 103 Å². The van der Waals surface area contributed by atoms with Crippen LogP contribution in [0.2, 0.25) is 0 Å². The fraction of sp³-hybridized carbons (Fsp3) is 0. The third-order valence-electron chi connectivity index (χ3n) is 4.79. The standard InChI is InChI=1S/C24H17SSi/c1-3-9-18(10-4-1)26(19-11-5-2-6-12-19)20-15-16-24-22(17-20)21-13-7-8-14-23(21)25-24/h1-17H. The number of hydrogen-bond acceptors (Lipinski definition) is 1. The Bertz CT molecular complexity index is 1140. The molecule has 1 heterocycles. The predicted molar refractivity (Wildman–Crippen MR) is 117 cm³/mol. The van der Waals surface area contributed by atoms with Crippen LogP contribution in [0.3, 0.4) is 0 Å². The van der Waals surface area contributed by atoms with Gasteiger partial charge in [0.05, 0.1) is 0 Å². The van der Waals surface area contributed by atoms with Crippen molar-refractivity contribution < 1.29 is 0 Å². The number of hydrogen-bond donors (Lipinski definition) is 0. The Morgan fingerprint density at radius 1 is 0.462 bits per heavy atom. The van der Waals surface area contributed by atoms with Crippen LogP contribution in [-0.2, 0) is 0 Å². The van der Waals surface area contributed by atoms with Gasteiger partial charge in [0.1, 0.15) is 0 Å². The molecule has 5 aromatic rings. The van der Waals surface area contributed by atoms with Gasteiger partial charge in [-0.1, -0.05) is 101 Å². The summed E-state index contributed by atoms with van der Waals surface area (Å²) in [5.74, 6) is 0. The predicted octanol–water partition coefficient (Wildman–Crippen LogP) is 4.57. The molecule has 0 atom stereocenters. The van der Waals surface area contributed by atoms with Crippen molar-refractivity contribution in [1.29, 1.82) is 0 Å². The maximum absolute atomic E-state index is 2.43. The van der Waals surface area contributed by atoms with Crippen molar-refractivity contribution in [2.45, 2.75) is 0 Å². The van der Waals surface area contributed by atoms with Gasteiger partial charge in [-0.3, -0.25) is 0 Å². The molecule has 1 aromatic heterocycles. The topological polar surface area (TPSA) is 0 Å². The Morgan fingerprint density at radius 2 is 1.04 bits per heavy atom. The molecule has 0 nitrogen and oxygen atoms in total. The van der Waals surface area contributed by atoms with E-state index in [2.05, 4.69) is 103 Å². The summed E-state index contributed by atoms with van der Waals surface area (Å²) in [5, 5.41) is 7.07. The highest BCUT2D eigenvalue weighted by Crippen LogP contribution is 2.32.